The van der Waals surface area contributed by atoms with E-state index in [1.807, 2.05) is 30.3 Å². The van der Waals surface area contributed by atoms with Crippen molar-refractivity contribution in [1.29, 1.82) is 0 Å². The molecule has 0 heterocycles. The van der Waals surface area contributed by atoms with Gasteiger partial charge in [-0.2, -0.15) is 0 Å². The molecule has 0 unspecified atom stereocenters. The van der Waals surface area contributed by atoms with E-state index in [4.69, 9.17) is 16.3 Å². The van der Waals surface area contributed by atoms with Crippen LogP contribution in [0.15, 0.2) is 42.5 Å². The van der Waals surface area contributed by atoms with E-state index in [9.17, 15) is 0 Å². The predicted octanol–water partition coefficient (Wildman–Crippen LogP) is 5.19. The zero-order chi connectivity index (χ0) is 15.2. The van der Waals surface area contributed by atoms with Crippen LogP contribution in [0.1, 0.15) is 31.9 Å². The standard InChI is InChI=1S/C18H22ClNO/c1-4-14-5-8-16(9-6-14)21-18-10-7-15(11-17(18)19)12-20-13(2)3/h5-11,13,20H,4,12H2,1-3H3. The Balaban J connectivity index is 2.06. The molecule has 2 aromatic carbocycles. The fourth-order valence-corrected chi connectivity index (χ4v) is 2.22. The third kappa shape index (κ3) is 4.76. The third-order valence-corrected chi connectivity index (χ3v) is 3.57. The molecule has 0 fully saturated rings. The maximum absolute atomic E-state index is 6.30. The Morgan fingerprint density at radius 2 is 1.71 bits per heavy atom. The largest absolute Gasteiger partial charge is 0.456 e. The van der Waals surface area contributed by atoms with E-state index >= 15 is 0 Å². The second-order valence-electron chi connectivity index (χ2n) is 5.40. The molecular weight excluding hydrogens is 282 g/mol. The lowest BCUT2D eigenvalue weighted by molar-refractivity contribution is 0.482. The molecule has 0 saturated heterocycles. The van der Waals surface area contributed by atoms with Crippen molar-refractivity contribution < 1.29 is 4.74 Å². The molecule has 0 saturated carbocycles. The summed E-state index contributed by atoms with van der Waals surface area (Å²) in [7, 11) is 0. The Hall–Kier alpha value is -1.51. The molecule has 21 heavy (non-hydrogen) atoms. The monoisotopic (exact) mass is 303 g/mol. The normalized spacial score (nSPS) is 10.9. The summed E-state index contributed by atoms with van der Waals surface area (Å²) in [6.45, 7) is 7.19. The lowest BCUT2D eigenvalue weighted by Gasteiger charge is -2.11. The average Bonchev–Trinajstić information content (AvgIpc) is 2.48. The molecular formula is C18H22ClNO. The van der Waals surface area contributed by atoms with Gasteiger partial charge in [0.15, 0.2) is 0 Å². The van der Waals surface area contributed by atoms with Gasteiger partial charge in [0.25, 0.3) is 0 Å². The van der Waals surface area contributed by atoms with Gasteiger partial charge in [0, 0.05) is 12.6 Å². The number of ether oxygens (including phenoxy) is 1. The second-order valence-corrected chi connectivity index (χ2v) is 5.81. The molecule has 2 rings (SSSR count). The van der Waals surface area contributed by atoms with E-state index in [2.05, 4.69) is 38.2 Å². The molecule has 0 atom stereocenters. The molecule has 0 aliphatic rings. The summed E-state index contributed by atoms with van der Waals surface area (Å²) in [5, 5.41) is 4.01. The highest BCUT2D eigenvalue weighted by Crippen LogP contribution is 2.30. The quantitative estimate of drug-likeness (QED) is 0.792. The van der Waals surface area contributed by atoms with Gasteiger partial charge in [-0.1, -0.05) is 50.6 Å². The van der Waals surface area contributed by atoms with Crippen molar-refractivity contribution in [1.82, 2.24) is 5.32 Å². The fourth-order valence-electron chi connectivity index (χ4n) is 1.98. The smallest absolute Gasteiger partial charge is 0.146 e. The number of benzene rings is 2. The van der Waals surface area contributed by atoms with Crippen molar-refractivity contribution in [2.75, 3.05) is 0 Å². The van der Waals surface area contributed by atoms with E-state index in [1.165, 1.54) is 5.56 Å². The Bertz CT molecular complexity index is 578. The van der Waals surface area contributed by atoms with Gasteiger partial charge in [0.1, 0.15) is 11.5 Å². The minimum atomic E-state index is 0.455. The van der Waals surface area contributed by atoms with Crippen molar-refractivity contribution in [3.8, 4) is 11.5 Å². The molecule has 0 spiro atoms. The van der Waals surface area contributed by atoms with Gasteiger partial charge in [0.2, 0.25) is 0 Å². The van der Waals surface area contributed by atoms with E-state index in [0.717, 1.165) is 24.3 Å². The van der Waals surface area contributed by atoms with E-state index in [0.29, 0.717) is 16.8 Å². The van der Waals surface area contributed by atoms with Gasteiger partial charge in [-0.05, 0) is 41.8 Å². The van der Waals surface area contributed by atoms with Crippen LogP contribution in [-0.4, -0.2) is 6.04 Å². The van der Waals surface area contributed by atoms with Crippen molar-refractivity contribution in [2.45, 2.75) is 39.8 Å². The summed E-state index contributed by atoms with van der Waals surface area (Å²) in [5.74, 6) is 1.50. The Kier molecular flexibility index (Phi) is 5.66. The summed E-state index contributed by atoms with van der Waals surface area (Å²) in [4.78, 5) is 0. The molecule has 0 amide bonds. The van der Waals surface area contributed by atoms with Gasteiger partial charge >= 0.3 is 0 Å². The van der Waals surface area contributed by atoms with Gasteiger partial charge in [-0.25, -0.2) is 0 Å². The van der Waals surface area contributed by atoms with E-state index < -0.39 is 0 Å². The molecule has 3 heteroatoms. The molecule has 0 radical (unpaired) electrons. The molecule has 0 bridgehead atoms. The first-order valence-electron chi connectivity index (χ1n) is 7.37. The topological polar surface area (TPSA) is 21.3 Å². The summed E-state index contributed by atoms with van der Waals surface area (Å²) in [5.41, 5.74) is 2.45. The van der Waals surface area contributed by atoms with Crippen LogP contribution in [0, 0.1) is 0 Å². The zero-order valence-corrected chi connectivity index (χ0v) is 13.6. The van der Waals surface area contributed by atoms with Crippen LogP contribution >= 0.6 is 11.6 Å². The first kappa shape index (κ1) is 15.9. The first-order chi connectivity index (χ1) is 10.1. The fraction of sp³-hybridized carbons (Fsp3) is 0.333. The van der Waals surface area contributed by atoms with Crippen LogP contribution in [-0.2, 0) is 13.0 Å². The first-order valence-corrected chi connectivity index (χ1v) is 7.75. The molecule has 112 valence electrons. The Labute approximate surface area is 132 Å². The molecule has 0 aliphatic heterocycles. The lowest BCUT2D eigenvalue weighted by Crippen LogP contribution is -2.21. The van der Waals surface area contributed by atoms with Crippen LogP contribution < -0.4 is 10.1 Å². The summed E-state index contributed by atoms with van der Waals surface area (Å²) in [6.07, 6.45) is 1.03. The maximum Gasteiger partial charge on any atom is 0.146 e. The van der Waals surface area contributed by atoms with Crippen LogP contribution in [0.5, 0.6) is 11.5 Å². The summed E-state index contributed by atoms with van der Waals surface area (Å²) in [6, 6.07) is 14.5. The van der Waals surface area contributed by atoms with E-state index in [1.54, 1.807) is 0 Å². The van der Waals surface area contributed by atoms with Crippen molar-refractivity contribution in [3.05, 3.63) is 58.6 Å². The number of hydrogen-bond donors (Lipinski definition) is 1. The SMILES string of the molecule is CCc1ccc(Oc2ccc(CNC(C)C)cc2Cl)cc1. The van der Waals surface area contributed by atoms with Gasteiger partial charge in [0.05, 0.1) is 5.02 Å². The summed E-state index contributed by atoms with van der Waals surface area (Å²) < 4.78 is 5.84. The number of nitrogens with one attached hydrogen (secondary N) is 1. The third-order valence-electron chi connectivity index (χ3n) is 3.27. The molecule has 1 N–H and O–H groups in total. The Morgan fingerprint density at radius 1 is 1.05 bits per heavy atom. The highest BCUT2D eigenvalue weighted by molar-refractivity contribution is 6.32. The van der Waals surface area contributed by atoms with Crippen LogP contribution in [0.3, 0.4) is 0 Å². The summed E-state index contributed by atoms with van der Waals surface area (Å²) >= 11 is 6.30. The molecule has 0 aliphatic carbocycles. The predicted molar refractivity (Wildman–Crippen MR) is 89.3 cm³/mol. The van der Waals surface area contributed by atoms with E-state index in [-0.39, 0.29) is 0 Å². The highest BCUT2D eigenvalue weighted by Gasteiger charge is 2.05. The van der Waals surface area contributed by atoms with Gasteiger partial charge in [-0.15, -0.1) is 0 Å². The number of aryl methyl sites for hydroxylation is 1. The highest BCUT2D eigenvalue weighted by atomic mass is 35.5. The van der Waals surface area contributed by atoms with Gasteiger partial charge < -0.3 is 10.1 Å². The van der Waals surface area contributed by atoms with Crippen LogP contribution in [0.2, 0.25) is 5.02 Å². The van der Waals surface area contributed by atoms with Crippen molar-refractivity contribution >= 4 is 11.6 Å². The molecule has 0 aromatic heterocycles. The van der Waals surface area contributed by atoms with Crippen molar-refractivity contribution in [3.63, 3.8) is 0 Å². The maximum atomic E-state index is 6.30. The van der Waals surface area contributed by atoms with Crippen LogP contribution in [0.4, 0.5) is 0 Å². The Morgan fingerprint density at radius 3 is 2.29 bits per heavy atom. The minimum absolute atomic E-state index is 0.455. The lowest BCUT2D eigenvalue weighted by atomic mass is 10.2. The van der Waals surface area contributed by atoms with Gasteiger partial charge in [-0.3, -0.25) is 0 Å². The number of rotatable bonds is 6. The average molecular weight is 304 g/mol. The zero-order valence-electron chi connectivity index (χ0n) is 12.8. The molecule has 2 aromatic rings. The number of halogens is 1. The minimum Gasteiger partial charge on any atom is -0.456 e. The van der Waals surface area contributed by atoms with Crippen LogP contribution in [0.25, 0.3) is 0 Å². The second kappa shape index (κ2) is 7.48. The van der Waals surface area contributed by atoms with Crippen molar-refractivity contribution in [2.24, 2.45) is 0 Å². The number of hydrogen-bond acceptors (Lipinski definition) is 2. The molecule has 2 nitrogen and oxygen atoms in total.